The van der Waals surface area contributed by atoms with E-state index in [-0.39, 0.29) is 17.6 Å². The summed E-state index contributed by atoms with van der Waals surface area (Å²) in [5.41, 5.74) is 0.488. The SMILES string of the molecule is C[N@+]1(CC2CCC2)CC[C@]23c4c5ccc(O)c4O[C@H]2C(=O)CC[C@@]3(O)[C@H]1C5. The monoisotopic (exact) mass is 370 g/mol. The van der Waals surface area contributed by atoms with Crippen LogP contribution in [0.1, 0.15) is 49.7 Å². The summed E-state index contributed by atoms with van der Waals surface area (Å²) in [6.07, 6.45) is 5.75. The van der Waals surface area contributed by atoms with Gasteiger partial charge in [-0.3, -0.25) is 4.79 Å². The molecule has 2 aliphatic heterocycles. The van der Waals surface area contributed by atoms with Crippen molar-refractivity contribution in [3.05, 3.63) is 23.3 Å². The summed E-state index contributed by atoms with van der Waals surface area (Å²) in [5.74, 6) is 1.41. The van der Waals surface area contributed by atoms with E-state index in [2.05, 4.69) is 7.05 Å². The third kappa shape index (κ3) is 1.72. The highest BCUT2D eigenvalue weighted by atomic mass is 16.5. The van der Waals surface area contributed by atoms with E-state index in [4.69, 9.17) is 4.74 Å². The van der Waals surface area contributed by atoms with Crippen LogP contribution in [0.4, 0.5) is 0 Å². The average molecular weight is 370 g/mol. The molecule has 6 rings (SSSR count). The van der Waals surface area contributed by atoms with Crippen molar-refractivity contribution in [1.82, 2.24) is 0 Å². The Balaban J connectivity index is 1.56. The highest BCUT2D eigenvalue weighted by molar-refractivity contribution is 5.90. The summed E-state index contributed by atoms with van der Waals surface area (Å²) in [5, 5.41) is 22.6. The van der Waals surface area contributed by atoms with Crippen molar-refractivity contribution < 1.29 is 24.2 Å². The van der Waals surface area contributed by atoms with Crippen molar-refractivity contribution in [2.45, 2.75) is 68.1 Å². The molecule has 1 saturated heterocycles. The predicted molar refractivity (Wildman–Crippen MR) is 98.8 cm³/mol. The van der Waals surface area contributed by atoms with E-state index in [1.807, 2.05) is 6.07 Å². The molecule has 27 heavy (non-hydrogen) atoms. The first kappa shape index (κ1) is 16.4. The third-order valence-corrected chi connectivity index (χ3v) is 8.80. The maximum atomic E-state index is 12.8. The number of quaternary nitrogens is 1. The number of aliphatic hydroxyl groups is 1. The Morgan fingerprint density at radius 3 is 2.85 bits per heavy atom. The number of hydrogen-bond acceptors (Lipinski definition) is 4. The lowest BCUT2D eigenvalue weighted by Crippen LogP contribution is -2.81. The van der Waals surface area contributed by atoms with Gasteiger partial charge >= 0.3 is 0 Å². The van der Waals surface area contributed by atoms with Gasteiger partial charge in [-0.2, -0.15) is 0 Å². The van der Waals surface area contributed by atoms with Gasteiger partial charge in [0.15, 0.2) is 23.4 Å². The first-order valence-corrected chi connectivity index (χ1v) is 10.5. The molecular formula is C22H28NO4+. The molecular weight excluding hydrogens is 342 g/mol. The van der Waals surface area contributed by atoms with Crippen molar-refractivity contribution in [3.63, 3.8) is 0 Å². The van der Waals surface area contributed by atoms with Crippen molar-refractivity contribution in [1.29, 1.82) is 0 Å². The number of hydrogen-bond donors (Lipinski definition) is 2. The highest BCUT2D eigenvalue weighted by Gasteiger charge is 2.76. The molecule has 5 aliphatic rings. The van der Waals surface area contributed by atoms with E-state index in [0.29, 0.717) is 18.6 Å². The van der Waals surface area contributed by atoms with Gasteiger partial charge in [0.05, 0.1) is 25.6 Å². The van der Waals surface area contributed by atoms with E-state index < -0.39 is 17.1 Å². The topological polar surface area (TPSA) is 66.8 Å². The minimum Gasteiger partial charge on any atom is -0.504 e. The number of benzene rings is 1. The molecule has 3 aliphatic carbocycles. The third-order valence-electron chi connectivity index (χ3n) is 8.80. The van der Waals surface area contributed by atoms with E-state index in [1.165, 1.54) is 19.3 Å². The molecule has 0 radical (unpaired) electrons. The van der Waals surface area contributed by atoms with Gasteiger partial charge in [0.2, 0.25) is 0 Å². The lowest BCUT2D eigenvalue weighted by atomic mass is 9.48. The number of nitrogens with zero attached hydrogens (tertiary/aromatic N) is 1. The van der Waals surface area contributed by atoms with Crippen LogP contribution in [0.25, 0.3) is 0 Å². The maximum absolute atomic E-state index is 12.8. The fourth-order valence-electron chi connectivity index (χ4n) is 7.31. The first-order valence-electron chi connectivity index (χ1n) is 10.5. The minimum atomic E-state index is -0.936. The average Bonchev–Trinajstić information content (AvgIpc) is 2.97. The Kier molecular flexibility index (Phi) is 2.95. The van der Waals surface area contributed by atoms with Gasteiger partial charge in [-0.25, -0.2) is 0 Å². The molecule has 1 aromatic rings. The first-order chi connectivity index (χ1) is 12.9. The molecule has 1 aromatic carbocycles. The van der Waals surface area contributed by atoms with Crippen LogP contribution in [0.15, 0.2) is 12.1 Å². The molecule has 5 heteroatoms. The molecule has 0 amide bonds. The molecule has 144 valence electrons. The Labute approximate surface area is 159 Å². The number of piperidine rings is 1. The smallest absolute Gasteiger partial charge is 0.174 e. The number of phenolic OH excluding ortho intramolecular Hbond substituents is 1. The number of ether oxygens (including phenoxy) is 1. The normalized spacial score (nSPS) is 44.4. The Morgan fingerprint density at radius 1 is 1.30 bits per heavy atom. The van der Waals surface area contributed by atoms with E-state index >= 15 is 0 Å². The number of Topliss-reactive ketones (excluding diaryl/α,β-unsaturated/α-hetero) is 1. The Morgan fingerprint density at radius 2 is 2.11 bits per heavy atom. The molecule has 5 atom stereocenters. The molecule has 3 fully saturated rings. The van der Waals surface area contributed by atoms with Gasteiger partial charge in [-0.05, 0) is 30.9 Å². The van der Waals surface area contributed by atoms with Gasteiger partial charge in [0, 0.05) is 30.7 Å². The van der Waals surface area contributed by atoms with Crippen LogP contribution in [0.3, 0.4) is 0 Å². The van der Waals surface area contributed by atoms with Crippen LogP contribution < -0.4 is 4.74 Å². The number of carbonyl (C=O) groups excluding carboxylic acids is 1. The summed E-state index contributed by atoms with van der Waals surface area (Å²) in [6.45, 7) is 2.09. The van der Waals surface area contributed by atoms with Crippen molar-refractivity contribution >= 4 is 5.78 Å². The number of likely N-dealkylation sites (tertiary alicyclic amines) is 1. The van der Waals surface area contributed by atoms with E-state index in [9.17, 15) is 15.0 Å². The number of likely N-dealkylation sites (N-methyl/N-ethyl adjacent to an activating group) is 1. The number of ketones is 1. The van der Waals surface area contributed by atoms with Gasteiger partial charge in [-0.15, -0.1) is 0 Å². The number of aromatic hydroxyl groups is 1. The summed E-state index contributed by atoms with van der Waals surface area (Å²) in [7, 11) is 2.32. The van der Waals surface area contributed by atoms with E-state index in [1.54, 1.807) is 6.07 Å². The van der Waals surface area contributed by atoms with Gasteiger partial charge in [-0.1, -0.05) is 12.5 Å². The van der Waals surface area contributed by atoms with Crippen LogP contribution >= 0.6 is 0 Å². The molecule has 2 heterocycles. The summed E-state index contributed by atoms with van der Waals surface area (Å²) >= 11 is 0. The van der Waals surface area contributed by atoms with Crippen LogP contribution in [0.5, 0.6) is 11.5 Å². The molecule has 2 bridgehead atoms. The molecule has 1 spiro atoms. The number of rotatable bonds is 2. The lowest BCUT2D eigenvalue weighted by molar-refractivity contribution is -0.952. The number of phenols is 1. The second kappa shape index (κ2) is 4.87. The van der Waals surface area contributed by atoms with Crippen molar-refractivity contribution in [3.8, 4) is 11.5 Å². The van der Waals surface area contributed by atoms with E-state index in [0.717, 1.165) is 47.5 Å². The van der Waals surface area contributed by atoms with Crippen LogP contribution in [0.2, 0.25) is 0 Å². The fourth-order valence-corrected chi connectivity index (χ4v) is 7.31. The van der Waals surface area contributed by atoms with Crippen molar-refractivity contribution in [2.24, 2.45) is 5.92 Å². The highest BCUT2D eigenvalue weighted by Crippen LogP contribution is 2.65. The Bertz CT molecular complexity index is 864. The Hall–Kier alpha value is -1.59. The van der Waals surface area contributed by atoms with Crippen LogP contribution in [-0.2, 0) is 16.6 Å². The second-order valence-electron chi connectivity index (χ2n) is 9.96. The molecule has 5 nitrogen and oxygen atoms in total. The lowest BCUT2D eigenvalue weighted by Gasteiger charge is -2.64. The quantitative estimate of drug-likeness (QED) is 0.782. The molecule has 0 aromatic heterocycles. The maximum Gasteiger partial charge on any atom is 0.174 e. The van der Waals surface area contributed by atoms with Crippen molar-refractivity contribution in [2.75, 3.05) is 20.1 Å². The standard InChI is InChI=1S/C22H27NO4/c1-23(12-13-3-2-4-13)10-9-21-18-14-5-6-15(24)19(18)27-20(21)16(25)7-8-22(21,26)17(23)11-14/h5-6,13,17,20,26H,2-4,7-12H2,1H3/p+1/t17-,20+,21+,22-,23-/m1/s1. The van der Waals surface area contributed by atoms with Crippen LogP contribution in [0, 0.1) is 5.92 Å². The largest absolute Gasteiger partial charge is 0.504 e. The van der Waals surface area contributed by atoms with Gasteiger partial charge in [0.25, 0.3) is 0 Å². The second-order valence-corrected chi connectivity index (χ2v) is 9.96. The summed E-state index contributed by atoms with van der Waals surface area (Å²) in [4.78, 5) is 12.8. The zero-order chi connectivity index (χ0) is 18.6. The minimum absolute atomic E-state index is 0.0805. The zero-order valence-electron chi connectivity index (χ0n) is 15.9. The number of carbonyl (C=O) groups is 1. The van der Waals surface area contributed by atoms with Gasteiger partial charge < -0.3 is 19.4 Å². The molecule has 0 unspecified atom stereocenters. The molecule has 2 saturated carbocycles. The summed E-state index contributed by atoms with van der Waals surface area (Å²) < 4.78 is 7.00. The van der Waals surface area contributed by atoms with Crippen LogP contribution in [-0.4, -0.2) is 58.4 Å². The molecule has 2 N–H and O–H groups in total. The summed E-state index contributed by atoms with van der Waals surface area (Å²) in [6, 6.07) is 3.78. The predicted octanol–water partition coefficient (Wildman–Crippen LogP) is 2.06. The zero-order valence-corrected chi connectivity index (χ0v) is 15.9. The van der Waals surface area contributed by atoms with Gasteiger partial charge in [0.1, 0.15) is 11.6 Å². The fraction of sp³-hybridized carbons (Fsp3) is 0.682.